The normalized spacial score (nSPS) is 20.2. The van der Waals surface area contributed by atoms with E-state index in [1.165, 1.54) is 13.2 Å². The maximum absolute atomic E-state index is 10.7. The Morgan fingerprint density at radius 2 is 2.55 bits per heavy atom. The minimum absolute atomic E-state index is 0.318. The van der Waals surface area contributed by atoms with Gasteiger partial charge < -0.3 is 15.0 Å². The van der Waals surface area contributed by atoms with E-state index < -0.39 is 0 Å². The zero-order valence-electron chi connectivity index (χ0n) is 6.76. The van der Waals surface area contributed by atoms with E-state index in [1.54, 1.807) is 0 Å². The fraction of sp³-hybridized carbons (Fsp3) is 0.571. The van der Waals surface area contributed by atoms with Gasteiger partial charge in [-0.3, -0.25) is 0 Å². The van der Waals surface area contributed by atoms with Crippen molar-refractivity contribution in [3.05, 3.63) is 11.9 Å². The van der Waals surface area contributed by atoms with Gasteiger partial charge in [0.2, 0.25) is 0 Å². The highest BCUT2D eigenvalue weighted by Crippen LogP contribution is 2.02. The van der Waals surface area contributed by atoms with Crippen LogP contribution >= 0.6 is 0 Å². The molecule has 0 aliphatic carbocycles. The summed E-state index contributed by atoms with van der Waals surface area (Å²) in [5.41, 5.74) is 0. The van der Waals surface area contributed by atoms with Crippen LogP contribution in [-0.2, 0) is 9.53 Å². The minimum Gasteiger partial charge on any atom is -0.466 e. The summed E-state index contributed by atoms with van der Waals surface area (Å²) >= 11 is 0. The van der Waals surface area contributed by atoms with Crippen LogP contribution < -0.4 is 5.32 Å². The fourth-order valence-electron chi connectivity index (χ4n) is 0.939. The summed E-state index contributed by atoms with van der Waals surface area (Å²) < 4.78 is 4.48. The number of hydrogen-bond acceptors (Lipinski definition) is 4. The molecule has 0 amide bonds. The Hall–Kier alpha value is -1.19. The van der Waals surface area contributed by atoms with Gasteiger partial charge in [-0.25, -0.2) is 4.79 Å². The number of likely N-dealkylation sites (N-methyl/N-ethyl adjacent to an activating group) is 1. The van der Waals surface area contributed by atoms with Crippen molar-refractivity contribution in [2.45, 2.75) is 0 Å². The molecule has 0 saturated carbocycles. The van der Waals surface area contributed by atoms with Gasteiger partial charge >= 0.3 is 5.97 Å². The molecule has 1 heterocycles. The van der Waals surface area contributed by atoms with E-state index in [2.05, 4.69) is 10.1 Å². The largest absolute Gasteiger partial charge is 0.466 e. The van der Waals surface area contributed by atoms with Crippen LogP contribution in [-0.4, -0.2) is 38.1 Å². The zero-order valence-corrected chi connectivity index (χ0v) is 6.76. The second-order valence-electron chi connectivity index (χ2n) is 2.40. The van der Waals surface area contributed by atoms with E-state index in [4.69, 9.17) is 0 Å². The van der Waals surface area contributed by atoms with Gasteiger partial charge in [-0.05, 0) is 0 Å². The third-order valence-corrected chi connectivity index (χ3v) is 1.62. The highest BCUT2D eigenvalue weighted by molar-refractivity contribution is 5.82. The molecule has 1 aliphatic rings. The molecule has 0 aromatic heterocycles. The molecule has 4 nitrogen and oxygen atoms in total. The maximum Gasteiger partial charge on any atom is 0.334 e. The molecule has 0 aromatic carbocycles. The number of rotatable bonds is 1. The van der Waals surface area contributed by atoms with Crippen molar-refractivity contribution in [2.75, 3.05) is 27.2 Å². The number of nitrogens with one attached hydrogen (secondary N) is 1. The van der Waals surface area contributed by atoms with Crippen LogP contribution in [0.5, 0.6) is 0 Å². The lowest BCUT2D eigenvalue weighted by molar-refractivity contribution is -0.135. The molecule has 0 aromatic rings. The lowest BCUT2D eigenvalue weighted by Gasteiger charge is -2.09. The molecule has 0 unspecified atom stereocenters. The number of esters is 1. The predicted octanol–water partition coefficient (Wildman–Crippen LogP) is -0.464. The Bertz CT molecular complexity index is 189. The van der Waals surface area contributed by atoms with Gasteiger partial charge in [0.1, 0.15) is 5.82 Å². The Balaban J connectivity index is 2.57. The number of carbonyl (C=O) groups is 1. The van der Waals surface area contributed by atoms with E-state index in [0.717, 1.165) is 18.9 Å². The number of hydrogen-bond donors (Lipinski definition) is 1. The van der Waals surface area contributed by atoms with Crippen LogP contribution in [0.15, 0.2) is 11.9 Å². The molecule has 11 heavy (non-hydrogen) atoms. The summed E-state index contributed by atoms with van der Waals surface area (Å²) in [5.74, 6) is 0.512. The first-order valence-corrected chi connectivity index (χ1v) is 3.48. The molecule has 0 atom stereocenters. The van der Waals surface area contributed by atoms with Crippen molar-refractivity contribution in [1.29, 1.82) is 0 Å². The second kappa shape index (κ2) is 3.27. The van der Waals surface area contributed by atoms with E-state index in [9.17, 15) is 4.79 Å². The first kappa shape index (κ1) is 7.91. The first-order chi connectivity index (χ1) is 5.24. The third-order valence-electron chi connectivity index (χ3n) is 1.62. The van der Waals surface area contributed by atoms with Crippen LogP contribution in [0.1, 0.15) is 0 Å². The van der Waals surface area contributed by atoms with Gasteiger partial charge in [-0.15, -0.1) is 0 Å². The molecule has 62 valence electrons. The lowest BCUT2D eigenvalue weighted by Crippen LogP contribution is -2.16. The van der Waals surface area contributed by atoms with Crippen molar-refractivity contribution in [3.63, 3.8) is 0 Å². The highest BCUT2D eigenvalue weighted by atomic mass is 16.5. The molecular formula is C7H12N2O2. The van der Waals surface area contributed by atoms with Crippen LogP contribution in [0.25, 0.3) is 0 Å². The average molecular weight is 156 g/mol. The smallest absolute Gasteiger partial charge is 0.334 e. The van der Waals surface area contributed by atoms with Crippen molar-refractivity contribution in [1.82, 2.24) is 10.2 Å². The van der Waals surface area contributed by atoms with E-state index in [0.29, 0.717) is 0 Å². The first-order valence-electron chi connectivity index (χ1n) is 3.48. The van der Waals surface area contributed by atoms with Gasteiger partial charge in [0.05, 0.1) is 13.2 Å². The van der Waals surface area contributed by atoms with E-state index in [1.807, 2.05) is 11.9 Å². The number of ether oxygens (including phenoxy) is 1. The van der Waals surface area contributed by atoms with Crippen molar-refractivity contribution in [2.24, 2.45) is 0 Å². The Labute approximate surface area is 65.8 Å². The van der Waals surface area contributed by atoms with Gasteiger partial charge in [0, 0.05) is 20.1 Å². The van der Waals surface area contributed by atoms with Crippen LogP contribution in [0.2, 0.25) is 0 Å². The number of methoxy groups -OCH3 is 1. The minimum atomic E-state index is -0.318. The Kier molecular flexibility index (Phi) is 2.36. The molecule has 4 heteroatoms. The molecule has 1 rings (SSSR count). The van der Waals surface area contributed by atoms with Crippen molar-refractivity contribution >= 4 is 5.97 Å². The van der Waals surface area contributed by atoms with Crippen LogP contribution in [0.4, 0.5) is 0 Å². The summed E-state index contributed by atoms with van der Waals surface area (Å²) in [7, 11) is 3.29. The summed E-state index contributed by atoms with van der Waals surface area (Å²) in [6.45, 7) is 1.82. The SMILES string of the molecule is COC(=O)/C=C1\NCCN1C. The monoisotopic (exact) mass is 156 g/mol. The van der Waals surface area contributed by atoms with Gasteiger partial charge in [-0.1, -0.05) is 0 Å². The van der Waals surface area contributed by atoms with Gasteiger partial charge in [0.25, 0.3) is 0 Å². The van der Waals surface area contributed by atoms with Crippen molar-refractivity contribution in [3.8, 4) is 0 Å². The fourth-order valence-corrected chi connectivity index (χ4v) is 0.939. The summed E-state index contributed by atoms with van der Waals surface area (Å²) in [5, 5.41) is 3.06. The Morgan fingerprint density at radius 3 is 3.00 bits per heavy atom. The van der Waals surface area contributed by atoms with Crippen LogP contribution in [0.3, 0.4) is 0 Å². The van der Waals surface area contributed by atoms with E-state index >= 15 is 0 Å². The standard InChI is InChI=1S/C7H12N2O2/c1-9-4-3-8-6(9)5-7(10)11-2/h5,8H,3-4H2,1-2H3/b6-5+. The highest BCUT2D eigenvalue weighted by Gasteiger charge is 2.12. The quantitative estimate of drug-likeness (QED) is 0.412. The summed E-state index contributed by atoms with van der Waals surface area (Å²) in [6.07, 6.45) is 1.45. The molecule has 0 bridgehead atoms. The third kappa shape index (κ3) is 1.86. The molecule has 0 spiro atoms. The average Bonchev–Trinajstić information content (AvgIpc) is 2.37. The molecule has 1 saturated heterocycles. The molecule has 1 fully saturated rings. The number of carbonyl (C=O) groups excluding carboxylic acids is 1. The lowest BCUT2D eigenvalue weighted by atomic mass is 10.5. The van der Waals surface area contributed by atoms with Gasteiger partial charge in [-0.2, -0.15) is 0 Å². The summed E-state index contributed by atoms with van der Waals surface area (Å²) in [6, 6.07) is 0. The van der Waals surface area contributed by atoms with Crippen LogP contribution in [0, 0.1) is 0 Å². The molecule has 1 aliphatic heterocycles. The maximum atomic E-state index is 10.7. The van der Waals surface area contributed by atoms with E-state index in [-0.39, 0.29) is 5.97 Å². The molecular weight excluding hydrogens is 144 g/mol. The van der Waals surface area contributed by atoms with Gasteiger partial charge in [0.15, 0.2) is 0 Å². The topological polar surface area (TPSA) is 41.6 Å². The number of nitrogens with zero attached hydrogens (tertiary/aromatic N) is 1. The Morgan fingerprint density at radius 1 is 1.82 bits per heavy atom. The molecule has 0 radical (unpaired) electrons. The summed E-state index contributed by atoms with van der Waals surface area (Å²) in [4.78, 5) is 12.7. The second-order valence-corrected chi connectivity index (χ2v) is 2.40. The zero-order chi connectivity index (χ0) is 8.27. The predicted molar refractivity (Wildman–Crippen MR) is 40.7 cm³/mol. The molecule has 1 N–H and O–H groups in total. The van der Waals surface area contributed by atoms with Crippen molar-refractivity contribution < 1.29 is 9.53 Å².